The van der Waals surface area contributed by atoms with E-state index in [0.29, 0.717) is 45.2 Å². The topological polar surface area (TPSA) is 80.8 Å². The molecule has 0 spiro atoms. The van der Waals surface area contributed by atoms with Crippen LogP contribution in [-0.2, 0) is 29.2 Å². The highest BCUT2D eigenvalue weighted by Crippen LogP contribution is 2.35. The molecule has 8 heteroatoms. The second-order valence-corrected chi connectivity index (χ2v) is 8.54. The maximum Gasteiger partial charge on any atom is 0.255 e. The average molecular weight is 415 g/mol. The molecule has 0 radical (unpaired) electrons. The number of hydrogen-bond donors (Lipinski definition) is 0. The number of amides is 1. The van der Waals surface area contributed by atoms with Crippen LogP contribution in [0.3, 0.4) is 0 Å². The molecule has 0 aliphatic carbocycles. The fourth-order valence-corrected chi connectivity index (χ4v) is 4.70. The van der Waals surface area contributed by atoms with Gasteiger partial charge in [0.15, 0.2) is 5.76 Å². The van der Waals surface area contributed by atoms with Crippen molar-refractivity contribution < 1.29 is 14.1 Å². The summed E-state index contributed by atoms with van der Waals surface area (Å²) in [5.41, 5.74) is 2.76. The first-order valence-electron chi connectivity index (χ1n) is 10.6. The minimum atomic E-state index is 0.0447. The van der Waals surface area contributed by atoms with Crippen LogP contribution in [0.1, 0.15) is 42.0 Å². The van der Waals surface area contributed by atoms with Crippen LogP contribution in [0.4, 0.5) is 0 Å². The van der Waals surface area contributed by atoms with Crippen LogP contribution in [-0.4, -0.2) is 58.8 Å². The monoisotopic (exact) mass is 414 g/mol. The molecule has 0 aromatic carbocycles. The summed E-state index contributed by atoms with van der Waals surface area (Å²) in [4.78, 5) is 29.6. The Morgan fingerprint density at radius 1 is 1.30 bits per heavy atom. The Morgan fingerprint density at radius 2 is 2.13 bits per heavy atom. The Morgan fingerprint density at radius 3 is 2.87 bits per heavy atom. The van der Waals surface area contributed by atoms with E-state index in [1.807, 2.05) is 42.5 Å². The Labute approximate surface area is 176 Å². The molecule has 2 aliphatic rings. The lowest BCUT2D eigenvalue weighted by Gasteiger charge is -2.43. The van der Waals surface area contributed by atoms with E-state index in [9.17, 15) is 9.59 Å². The minimum absolute atomic E-state index is 0.0447. The molecule has 162 valence electrons. The highest BCUT2D eigenvalue weighted by molar-refractivity contribution is 5.77. The number of aryl methyl sites for hydroxylation is 1. The highest BCUT2D eigenvalue weighted by Gasteiger charge is 2.36. The van der Waals surface area contributed by atoms with Crippen molar-refractivity contribution in [1.29, 1.82) is 0 Å². The van der Waals surface area contributed by atoms with Gasteiger partial charge in [-0.3, -0.25) is 14.5 Å². The number of aromatic nitrogens is 2. The molecule has 0 unspecified atom stereocenters. The van der Waals surface area contributed by atoms with E-state index < -0.39 is 0 Å². The van der Waals surface area contributed by atoms with Gasteiger partial charge >= 0.3 is 0 Å². The fourth-order valence-electron chi connectivity index (χ4n) is 4.70. The summed E-state index contributed by atoms with van der Waals surface area (Å²) in [5.74, 6) is 1.35. The average Bonchev–Trinajstić information content (AvgIpc) is 3.12. The molecule has 2 bridgehead atoms. The maximum atomic E-state index is 13.2. The second-order valence-electron chi connectivity index (χ2n) is 8.54. The number of carbonyl (C=O) groups is 1. The van der Waals surface area contributed by atoms with Crippen molar-refractivity contribution in [3.05, 3.63) is 51.3 Å². The first-order chi connectivity index (χ1) is 14.4. The summed E-state index contributed by atoms with van der Waals surface area (Å²) in [7, 11) is 1.97. The molecule has 2 atom stereocenters. The number of ether oxygens (including phenoxy) is 1. The summed E-state index contributed by atoms with van der Waals surface area (Å²) < 4.78 is 12.5. The van der Waals surface area contributed by atoms with Crippen molar-refractivity contribution in [1.82, 2.24) is 19.5 Å². The molecule has 4 heterocycles. The number of likely N-dealkylation sites (tertiary alicyclic amines) is 1. The van der Waals surface area contributed by atoms with Crippen LogP contribution in [0.15, 0.2) is 27.5 Å². The number of nitrogens with zero attached hydrogens (tertiary/aromatic N) is 4. The standard InChI is InChI=1S/C22H30N4O4/c1-4-29-14-21(27)25-9-16-8-18(12-25)20-6-5-17(22(28)26(20)10-16)11-24(3)13-19-7-15(2)23-30-19/h5-7,16,18H,4,8-14H2,1-3H3/t16-,18+/m0/s1. The van der Waals surface area contributed by atoms with Gasteiger partial charge in [0.25, 0.3) is 5.56 Å². The number of hydrogen-bond acceptors (Lipinski definition) is 6. The predicted molar refractivity (Wildman–Crippen MR) is 111 cm³/mol. The van der Waals surface area contributed by atoms with Crippen LogP contribution < -0.4 is 5.56 Å². The normalized spacial score (nSPS) is 20.5. The van der Waals surface area contributed by atoms with Crippen LogP contribution in [0.2, 0.25) is 0 Å². The van der Waals surface area contributed by atoms with Gasteiger partial charge in [0.2, 0.25) is 5.91 Å². The summed E-state index contributed by atoms with van der Waals surface area (Å²) in [6, 6.07) is 5.92. The van der Waals surface area contributed by atoms with Crippen LogP contribution in [0, 0.1) is 12.8 Å². The molecule has 2 aromatic heterocycles. The van der Waals surface area contributed by atoms with E-state index in [1.54, 1.807) is 0 Å². The van der Waals surface area contributed by atoms with Crippen molar-refractivity contribution >= 4 is 5.91 Å². The molecule has 0 saturated carbocycles. The summed E-state index contributed by atoms with van der Waals surface area (Å²) in [5, 5.41) is 3.92. The van der Waals surface area contributed by atoms with Gasteiger partial charge in [-0.25, -0.2) is 0 Å². The molecule has 30 heavy (non-hydrogen) atoms. The van der Waals surface area contributed by atoms with E-state index >= 15 is 0 Å². The number of rotatable bonds is 7. The van der Waals surface area contributed by atoms with Gasteiger partial charge in [-0.15, -0.1) is 0 Å². The van der Waals surface area contributed by atoms with Crippen LogP contribution in [0.25, 0.3) is 0 Å². The van der Waals surface area contributed by atoms with E-state index in [-0.39, 0.29) is 24.0 Å². The Balaban J connectivity index is 1.47. The molecular formula is C22H30N4O4. The van der Waals surface area contributed by atoms with Crippen LogP contribution >= 0.6 is 0 Å². The quantitative estimate of drug-likeness (QED) is 0.687. The first-order valence-corrected chi connectivity index (χ1v) is 10.6. The van der Waals surface area contributed by atoms with Gasteiger partial charge in [-0.1, -0.05) is 11.2 Å². The largest absolute Gasteiger partial charge is 0.372 e. The summed E-state index contributed by atoms with van der Waals surface area (Å²) in [6.07, 6.45) is 1.03. The lowest BCUT2D eigenvalue weighted by molar-refractivity contribution is -0.138. The lowest BCUT2D eigenvalue weighted by atomic mass is 9.83. The molecule has 1 fully saturated rings. The summed E-state index contributed by atoms with van der Waals surface area (Å²) >= 11 is 0. The molecule has 1 saturated heterocycles. The smallest absolute Gasteiger partial charge is 0.255 e. The number of pyridine rings is 1. The third-order valence-electron chi connectivity index (χ3n) is 6.01. The number of carbonyl (C=O) groups excluding carboxylic acids is 1. The van der Waals surface area contributed by atoms with Crippen molar-refractivity contribution in [3.8, 4) is 0 Å². The summed E-state index contributed by atoms with van der Waals surface area (Å²) in [6.45, 7) is 7.64. The van der Waals surface area contributed by atoms with Gasteiger partial charge in [-0.05, 0) is 39.3 Å². The lowest BCUT2D eigenvalue weighted by Crippen LogP contribution is -2.50. The van der Waals surface area contributed by atoms with Crippen molar-refractivity contribution in [2.24, 2.45) is 5.92 Å². The minimum Gasteiger partial charge on any atom is -0.372 e. The molecule has 1 amide bonds. The molecule has 0 N–H and O–H groups in total. The van der Waals surface area contributed by atoms with Gasteiger partial charge in [0.1, 0.15) is 6.61 Å². The third kappa shape index (κ3) is 4.34. The Bertz CT molecular complexity index is 966. The Hall–Kier alpha value is -2.45. The third-order valence-corrected chi connectivity index (χ3v) is 6.01. The molecule has 8 nitrogen and oxygen atoms in total. The molecular weight excluding hydrogens is 384 g/mol. The number of fused-ring (bicyclic) bond motifs is 4. The van der Waals surface area contributed by atoms with Crippen LogP contribution in [0.5, 0.6) is 0 Å². The SMILES string of the molecule is CCOCC(=O)N1C[C@@H]2C[C@H](C1)c1ccc(CN(C)Cc3cc(C)no3)c(=O)n1C2. The zero-order valence-electron chi connectivity index (χ0n) is 18.0. The predicted octanol–water partition coefficient (Wildman–Crippen LogP) is 1.76. The van der Waals surface area contributed by atoms with Crippen molar-refractivity contribution in [2.75, 3.05) is 33.4 Å². The number of piperidine rings is 1. The molecule has 2 aliphatic heterocycles. The maximum absolute atomic E-state index is 13.2. The first kappa shape index (κ1) is 20.8. The molecule has 4 rings (SSSR count). The van der Waals surface area contributed by atoms with Crippen molar-refractivity contribution in [3.63, 3.8) is 0 Å². The fraction of sp³-hybridized carbons (Fsp3) is 0.591. The van der Waals surface area contributed by atoms with E-state index in [4.69, 9.17) is 9.26 Å². The van der Waals surface area contributed by atoms with Gasteiger partial charge in [-0.2, -0.15) is 0 Å². The second kappa shape index (κ2) is 8.73. The zero-order chi connectivity index (χ0) is 21.3. The van der Waals surface area contributed by atoms with E-state index in [0.717, 1.165) is 29.1 Å². The van der Waals surface area contributed by atoms with E-state index in [1.165, 1.54) is 0 Å². The molecule has 2 aromatic rings. The van der Waals surface area contributed by atoms with Gasteiger partial charge < -0.3 is 18.7 Å². The van der Waals surface area contributed by atoms with Gasteiger partial charge in [0, 0.05) is 56.0 Å². The van der Waals surface area contributed by atoms with Gasteiger partial charge in [0.05, 0.1) is 12.2 Å². The van der Waals surface area contributed by atoms with Crippen molar-refractivity contribution in [2.45, 2.75) is 45.8 Å². The highest BCUT2D eigenvalue weighted by atomic mass is 16.5. The van der Waals surface area contributed by atoms with E-state index in [2.05, 4.69) is 16.1 Å². The Kier molecular flexibility index (Phi) is 6.06. The zero-order valence-corrected chi connectivity index (χ0v) is 18.0.